The molecule has 2 N–H and O–H groups in total. The first-order valence-corrected chi connectivity index (χ1v) is 9.47. The van der Waals surface area contributed by atoms with Gasteiger partial charge in [-0.3, -0.25) is 4.79 Å². The van der Waals surface area contributed by atoms with Gasteiger partial charge in [0, 0.05) is 24.1 Å². The molecule has 4 rings (SSSR count). The number of ether oxygens (including phenoxy) is 1. The monoisotopic (exact) mass is 361 g/mol. The van der Waals surface area contributed by atoms with Gasteiger partial charge in [0.05, 0.1) is 13.2 Å². The standard InChI is InChI=1S/C23H24N2O2/c1-27-22-12-6-17(7-13-22)15-25(21-10-11-21)16-23(26)24-20-9-8-18-4-2-3-5-19(18)14-20/h2-9,12-14,21H,10-11,15-16H2,1H3,(H,24,26)/p+1. The maximum Gasteiger partial charge on any atom is 0.279 e. The zero-order valence-electron chi connectivity index (χ0n) is 15.6. The molecule has 3 aromatic rings. The molecule has 1 amide bonds. The second-order valence-corrected chi connectivity index (χ2v) is 7.24. The van der Waals surface area contributed by atoms with Crippen molar-refractivity contribution in [2.45, 2.75) is 25.4 Å². The van der Waals surface area contributed by atoms with Crippen LogP contribution in [0.25, 0.3) is 10.8 Å². The van der Waals surface area contributed by atoms with Crippen LogP contribution in [-0.4, -0.2) is 25.6 Å². The molecule has 1 aliphatic carbocycles. The minimum atomic E-state index is 0.0701. The summed E-state index contributed by atoms with van der Waals surface area (Å²) >= 11 is 0. The second kappa shape index (κ2) is 7.80. The Morgan fingerprint density at radius 3 is 2.48 bits per heavy atom. The number of benzene rings is 3. The van der Waals surface area contributed by atoms with E-state index in [0.717, 1.165) is 23.4 Å². The van der Waals surface area contributed by atoms with Crippen LogP contribution in [0.3, 0.4) is 0 Å². The molecule has 0 spiro atoms. The van der Waals surface area contributed by atoms with Gasteiger partial charge in [-0.2, -0.15) is 0 Å². The van der Waals surface area contributed by atoms with Crippen molar-refractivity contribution in [1.82, 2.24) is 0 Å². The van der Waals surface area contributed by atoms with E-state index in [0.29, 0.717) is 12.6 Å². The highest BCUT2D eigenvalue weighted by molar-refractivity contribution is 5.94. The molecule has 1 fully saturated rings. The van der Waals surface area contributed by atoms with E-state index in [1.54, 1.807) is 7.11 Å². The summed E-state index contributed by atoms with van der Waals surface area (Å²) in [4.78, 5) is 14.0. The number of methoxy groups -OCH3 is 1. The fourth-order valence-corrected chi connectivity index (χ4v) is 3.53. The minimum absolute atomic E-state index is 0.0701. The van der Waals surface area contributed by atoms with E-state index in [1.165, 1.54) is 28.7 Å². The zero-order valence-corrected chi connectivity index (χ0v) is 15.6. The fourth-order valence-electron chi connectivity index (χ4n) is 3.53. The smallest absolute Gasteiger partial charge is 0.279 e. The van der Waals surface area contributed by atoms with E-state index < -0.39 is 0 Å². The number of anilines is 1. The third-order valence-corrected chi connectivity index (χ3v) is 5.17. The quantitative estimate of drug-likeness (QED) is 0.679. The van der Waals surface area contributed by atoms with Crippen LogP contribution in [0.1, 0.15) is 18.4 Å². The number of rotatable bonds is 7. The molecule has 1 aliphatic rings. The molecule has 0 saturated heterocycles. The van der Waals surface area contributed by atoms with Crippen LogP contribution in [0.15, 0.2) is 66.7 Å². The van der Waals surface area contributed by atoms with Gasteiger partial charge >= 0.3 is 0 Å². The van der Waals surface area contributed by atoms with E-state index in [1.807, 2.05) is 42.5 Å². The van der Waals surface area contributed by atoms with Gasteiger partial charge in [0.25, 0.3) is 5.91 Å². The van der Waals surface area contributed by atoms with Crippen molar-refractivity contribution in [2.75, 3.05) is 19.0 Å². The topological polar surface area (TPSA) is 42.8 Å². The summed E-state index contributed by atoms with van der Waals surface area (Å²) < 4.78 is 5.22. The molecule has 4 nitrogen and oxygen atoms in total. The number of nitrogens with one attached hydrogen (secondary N) is 2. The molecular formula is C23H25N2O2+. The molecule has 0 aliphatic heterocycles. The minimum Gasteiger partial charge on any atom is -0.497 e. The van der Waals surface area contributed by atoms with Crippen LogP contribution >= 0.6 is 0 Å². The molecular weight excluding hydrogens is 336 g/mol. The fraction of sp³-hybridized carbons (Fsp3) is 0.261. The first-order chi connectivity index (χ1) is 13.2. The summed E-state index contributed by atoms with van der Waals surface area (Å²) in [5, 5.41) is 5.39. The molecule has 0 radical (unpaired) electrons. The number of fused-ring (bicyclic) bond motifs is 1. The maximum absolute atomic E-state index is 12.6. The zero-order chi connectivity index (χ0) is 18.6. The molecule has 3 aromatic carbocycles. The molecule has 0 heterocycles. The summed E-state index contributed by atoms with van der Waals surface area (Å²) in [6.45, 7) is 1.35. The van der Waals surface area contributed by atoms with Crippen LogP contribution in [0, 0.1) is 0 Å². The SMILES string of the molecule is COc1ccc(C[NH+](CC(=O)Nc2ccc3ccccc3c2)C2CC2)cc1. The van der Waals surface area contributed by atoms with Crippen LogP contribution in [0.5, 0.6) is 5.75 Å². The van der Waals surface area contributed by atoms with Crippen LogP contribution < -0.4 is 15.0 Å². The lowest BCUT2D eigenvalue weighted by molar-refractivity contribution is -0.916. The van der Waals surface area contributed by atoms with Crippen LogP contribution in [0.2, 0.25) is 0 Å². The van der Waals surface area contributed by atoms with Gasteiger partial charge in [0.15, 0.2) is 6.54 Å². The highest BCUT2D eigenvalue weighted by Crippen LogP contribution is 2.19. The van der Waals surface area contributed by atoms with E-state index in [4.69, 9.17) is 4.74 Å². The number of quaternary nitrogens is 1. The van der Waals surface area contributed by atoms with Crippen LogP contribution in [-0.2, 0) is 11.3 Å². The van der Waals surface area contributed by atoms with Crippen molar-refractivity contribution in [2.24, 2.45) is 0 Å². The van der Waals surface area contributed by atoms with E-state index in [2.05, 4.69) is 29.6 Å². The summed E-state index contributed by atoms with van der Waals surface area (Å²) in [6, 6.07) is 23.0. The Balaban J connectivity index is 1.40. The van der Waals surface area contributed by atoms with Gasteiger partial charge in [-0.05, 0) is 47.2 Å². The van der Waals surface area contributed by atoms with Crippen molar-refractivity contribution in [3.63, 3.8) is 0 Å². The number of carbonyl (C=O) groups excluding carboxylic acids is 1. The largest absolute Gasteiger partial charge is 0.497 e. The lowest BCUT2D eigenvalue weighted by Gasteiger charge is -2.19. The summed E-state index contributed by atoms with van der Waals surface area (Å²) in [6.07, 6.45) is 2.41. The Morgan fingerprint density at radius 2 is 1.78 bits per heavy atom. The highest BCUT2D eigenvalue weighted by atomic mass is 16.5. The Kier molecular flexibility index (Phi) is 5.07. The number of amides is 1. The van der Waals surface area contributed by atoms with E-state index in [9.17, 15) is 4.79 Å². The van der Waals surface area contributed by atoms with Gasteiger partial charge in [-0.1, -0.05) is 30.3 Å². The molecule has 27 heavy (non-hydrogen) atoms. The van der Waals surface area contributed by atoms with E-state index in [-0.39, 0.29) is 5.91 Å². The summed E-state index contributed by atoms with van der Waals surface area (Å²) in [5.41, 5.74) is 2.09. The third kappa shape index (κ3) is 4.47. The Hall–Kier alpha value is -2.85. The van der Waals surface area contributed by atoms with Gasteiger partial charge in [0.2, 0.25) is 0 Å². The maximum atomic E-state index is 12.6. The van der Waals surface area contributed by atoms with E-state index >= 15 is 0 Å². The summed E-state index contributed by atoms with van der Waals surface area (Å²) in [5.74, 6) is 0.932. The van der Waals surface area contributed by atoms with Gasteiger partial charge < -0.3 is 15.0 Å². The Labute approximate surface area is 159 Å². The van der Waals surface area contributed by atoms with Crippen molar-refractivity contribution in [3.05, 3.63) is 72.3 Å². The molecule has 0 aromatic heterocycles. The van der Waals surface area contributed by atoms with Crippen molar-refractivity contribution < 1.29 is 14.4 Å². The first kappa shape index (κ1) is 17.6. The summed E-state index contributed by atoms with van der Waals surface area (Å²) in [7, 11) is 1.67. The molecule has 1 saturated carbocycles. The highest BCUT2D eigenvalue weighted by Gasteiger charge is 2.34. The van der Waals surface area contributed by atoms with Crippen molar-refractivity contribution >= 4 is 22.4 Å². The second-order valence-electron chi connectivity index (χ2n) is 7.24. The average Bonchev–Trinajstić information content (AvgIpc) is 3.53. The Bertz CT molecular complexity index is 933. The van der Waals surface area contributed by atoms with Crippen LogP contribution in [0.4, 0.5) is 5.69 Å². The first-order valence-electron chi connectivity index (χ1n) is 9.47. The normalized spacial score (nSPS) is 14.7. The van der Waals surface area contributed by atoms with Crippen molar-refractivity contribution in [1.29, 1.82) is 0 Å². The average molecular weight is 361 g/mol. The third-order valence-electron chi connectivity index (χ3n) is 5.17. The van der Waals surface area contributed by atoms with Gasteiger partial charge in [-0.25, -0.2) is 0 Å². The van der Waals surface area contributed by atoms with Crippen molar-refractivity contribution in [3.8, 4) is 5.75 Å². The number of hydrogen-bond donors (Lipinski definition) is 2. The molecule has 1 atom stereocenters. The molecule has 138 valence electrons. The predicted molar refractivity (Wildman–Crippen MR) is 108 cm³/mol. The number of carbonyl (C=O) groups is 1. The van der Waals surface area contributed by atoms with Gasteiger partial charge in [-0.15, -0.1) is 0 Å². The Morgan fingerprint density at radius 1 is 1.04 bits per heavy atom. The van der Waals surface area contributed by atoms with Gasteiger partial charge in [0.1, 0.15) is 12.3 Å². The molecule has 4 heteroatoms. The molecule has 1 unspecified atom stereocenters. The lowest BCUT2D eigenvalue weighted by atomic mass is 10.1. The predicted octanol–water partition coefficient (Wildman–Crippen LogP) is 3.03. The lowest BCUT2D eigenvalue weighted by Crippen LogP contribution is -3.13. The molecule has 0 bridgehead atoms. The number of hydrogen-bond acceptors (Lipinski definition) is 2.